The number of hydrogen-bond acceptors (Lipinski definition) is 6. The van der Waals surface area contributed by atoms with E-state index in [-0.39, 0.29) is 24.2 Å². The molecule has 2 aromatic carbocycles. The second-order valence-electron chi connectivity index (χ2n) is 7.06. The molecule has 4 rings (SSSR count). The van der Waals surface area contributed by atoms with Crippen LogP contribution in [0, 0.1) is 5.92 Å². The first kappa shape index (κ1) is 19.6. The van der Waals surface area contributed by atoms with Crippen molar-refractivity contribution >= 4 is 28.6 Å². The van der Waals surface area contributed by atoms with Crippen LogP contribution < -0.4 is 10.9 Å². The summed E-state index contributed by atoms with van der Waals surface area (Å²) in [6, 6.07) is 15.9. The molecule has 1 aliphatic rings. The maximum Gasteiger partial charge on any atom is 0.321 e. The van der Waals surface area contributed by atoms with Crippen molar-refractivity contribution in [2.75, 3.05) is 18.4 Å². The quantitative estimate of drug-likeness (QED) is 0.665. The Kier molecular flexibility index (Phi) is 5.69. The second kappa shape index (κ2) is 8.73. The van der Waals surface area contributed by atoms with Crippen LogP contribution in [-0.4, -0.2) is 45.0 Å². The molecule has 30 heavy (non-hydrogen) atoms. The van der Waals surface area contributed by atoms with Gasteiger partial charge >= 0.3 is 12.0 Å². The number of urea groups is 1. The van der Waals surface area contributed by atoms with E-state index in [0.717, 1.165) is 10.4 Å². The minimum absolute atomic E-state index is 0.189. The summed E-state index contributed by atoms with van der Waals surface area (Å²) in [6.07, 6.45) is 0.999. The summed E-state index contributed by atoms with van der Waals surface area (Å²) in [7, 11) is 0. The minimum Gasteiger partial charge on any atom is -0.442 e. The van der Waals surface area contributed by atoms with E-state index >= 15 is 0 Å². The number of hydrogen-bond donors (Lipinski definition) is 1. The van der Waals surface area contributed by atoms with Crippen molar-refractivity contribution in [3.63, 3.8) is 0 Å². The fraction of sp³-hybridized carbons (Fsp3) is 0.286. The number of nitrogens with one attached hydrogen (secondary N) is 1. The Balaban J connectivity index is 1.29. The van der Waals surface area contributed by atoms with Crippen LogP contribution in [0.1, 0.15) is 12.8 Å². The van der Waals surface area contributed by atoms with Crippen LogP contribution in [0.25, 0.3) is 10.9 Å². The van der Waals surface area contributed by atoms with E-state index in [1.165, 1.54) is 0 Å². The van der Waals surface area contributed by atoms with Crippen molar-refractivity contribution in [1.29, 1.82) is 0 Å². The first-order chi connectivity index (χ1) is 14.6. The molecule has 3 aromatic rings. The van der Waals surface area contributed by atoms with Crippen LogP contribution in [0.3, 0.4) is 0 Å². The standard InChI is InChI=1S/C21H21N5O4/c27-19-17-8-4-5-9-18(17)23-24-26(19)14-30-20(28)15-10-12-25(13-11-15)21(29)22-16-6-2-1-3-7-16/h1-9,15H,10-14H2,(H,22,29). The van der Waals surface area contributed by atoms with Crippen molar-refractivity contribution in [3.8, 4) is 0 Å². The molecule has 0 saturated carbocycles. The summed E-state index contributed by atoms with van der Waals surface area (Å²) < 4.78 is 6.32. The first-order valence-corrected chi connectivity index (χ1v) is 9.72. The third-order valence-corrected chi connectivity index (χ3v) is 5.10. The van der Waals surface area contributed by atoms with Gasteiger partial charge in [0.15, 0.2) is 6.73 Å². The number of aromatic nitrogens is 3. The lowest BCUT2D eigenvalue weighted by Crippen LogP contribution is -2.43. The average molecular weight is 407 g/mol. The summed E-state index contributed by atoms with van der Waals surface area (Å²) in [4.78, 5) is 38.8. The number of benzene rings is 2. The predicted molar refractivity (Wildman–Crippen MR) is 110 cm³/mol. The highest BCUT2D eigenvalue weighted by Crippen LogP contribution is 2.20. The number of amides is 2. The van der Waals surface area contributed by atoms with Crippen LogP contribution >= 0.6 is 0 Å². The molecule has 2 amide bonds. The molecule has 1 aliphatic heterocycles. The van der Waals surface area contributed by atoms with E-state index in [9.17, 15) is 14.4 Å². The molecule has 1 N–H and O–H groups in total. The lowest BCUT2D eigenvalue weighted by atomic mass is 9.97. The van der Waals surface area contributed by atoms with Gasteiger partial charge in [-0.3, -0.25) is 9.59 Å². The molecule has 1 saturated heterocycles. The van der Waals surface area contributed by atoms with Gasteiger partial charge < -0.3 is 15.0 Å². The molecule has 2 heterocycles. The van der Waals surface area contributed by atoms with Gasteiger partial charge in [-0.1, -0.05) is 35.5 Å². The predicted octanol–water partition coefficient (Wildman–Crippen LogP) is 2.24. The molecule has 0 atom stereocenters. The number of piperidine rings is 1. The van der Waals surface area contributed by atoms with E-state index in [0.29, 0.717) is 36.8 Å². The molecule has 9 heteroatoms. The van der Waals surface area contributed by atoms with Crippen molar-refractivity contribution < 1.29 is 14.3 Å². The molecule has 9 nitrogen and oxygen atoms in total. The molecule has 154 valence electrons. The van der Waals surface area contributed by atoms with E-state index in [1.807, 2.05) is 30.3 Å². The van der Waals surface area contributed by atoms with Gasteiger partial charge in [-0.15, -0.1) is 5.10 Å². The highest BCUT2D eigenvalue weighted by Gasteiger charge is 2.28. The number of carbonyl (C=O) groups excluding carboxylic acids is 2. The minimum atomic E-state index is -0.403. The summed E-state index contributed by atoms with van der Waals surface area (Å²) in [5.41, 5.74) is 0.859. The zero-order chi connectivity index (χ0) is 20.9. The second-order valence-corrected chi connectivity index (χ2v) is 7.06. The van der Waals surface area contributed by atoms with E-state index < -0.39 is 5.97 Å². The molecule has 0 radical (unpaired) electrons. The molecular formula is C21H21N5O4. The number of fused-ring (bicyclic) bond motifs is 1. The van der Waals surface area contributed by atoms with Gasteiger partial charge in [0.1, 0.15) is 5.52 Å². The first-order valence-electron chi connectivity index (χ1n) is 9.72. The van der Waals surface area contributed by atoms with Gasteiger partial charge in [0.2, 0.25) is 0 Å². The molecular weight excluding hydrogens is 386 g/mol. The summed E-state index contributed by atoms with van der Waals surface area (Å²) in [5.74, 6) is -0.727. The third kappa shape index (κ3) is 4.29. The van der Waals surface area contributed by atoms with Crippen LogP contribution in [0.2, 0.25) is 0 Å². The van der Waals surface area contributed by atoms with E-state index in [2.05, 4.69) is 15.6 Å². The Labute approximate surface area is 172 Å². The molecule has 0 aliphatic carbocycles. The molecule has 0 spiro atoms. The maximum absolute atomic E-state index is 12.4. The normalized spacial score (nSPS) is 14.5. The summed E-state index contributed by atoms with van der Waals surface area (Å²) >= 11 is 0. The number of likely N-dealkylation sites (tertiary alicyclic amines) is 1. The topological polar surface area (TPSA) is 106 Å². The van der Waals surface area contributed by atoms with Gasteiger partial charge in [0.25, 0.3) is 5.56 Å². The van der Waals surface area contributed by atoms with Crippen molar-refractivity contribution in [2.24, 2.45) is 5.92 Å². The Morgan fingerprint density at radius 1 is 1.03 bits per heavy atom. The number of esters is 1. The SMILES string of the molecule is O=C(OCn1nnc2ccccc2c1=O)C1CCN(C(=O)Nc2ccccc2)CC1. The van der Waals surface area contributed by atoms with E-state index in [4.69, 9.17) is 4.74 Å². The van der Waals surface area contributed by atoms with Crippen molar-refractivity contribution in [3.05, 3.63) is 65.0 Å². The van der Waals surface area contributed by atoms with Gasteiger partial charge in [0.05, 0.1) is 11.3 Å². The monoisotopic (exact) mass is 407 g/mol. The highest BCUT2D eigenvalue weighted by atomic mass is 16.5. The van der Waals surface area contributed by atoms with Gasteiger partial charge in [-0.25, -0.2) is 4.79 Å². The molecule has 1 fully saturated rings. The van der Waals surface area contributed by atoms with Gasteiger partial charge in [-0.05, 0) is 37.1 Å². The van der Waals surface area contributed by atoms with Crippen LogP contribution in [0.4, 0.5) is 10.5 Å². The highest BCUT2D eigenvalue weighted by molar-refractivity contribution is 5.89. The maximum atomic E-state index is 12.4. The number of nitrogens with zero attached hydrogens (tertiary/aromatic N) is 4. The Morgan fingerprint density at radius 3 is 2.50 bits per heavy atom. The Morgan fingerprint density at radius 2 is 1.73 bits per heavy atom. The molecule has 0 bridgehead atoms. The number of carbonyl (C=O) groups is 2. The third-order valence-electron chi connectivity index (χ3n) is 5.10. The van der Waals surface area contributed by atoms with Crippen LogP contribution in [0.5, 0.6) is 0 Å². The zero-order valence-corrected chi connectivity index (χ0v) is 16.2. The number of rotatable bonds is 4. The van der Waals surface area contributed by atoms with Crippen LogP contribution in [0.15, 0.2) is 59.4 Å². The fourth-order valence-electron chi connectivity index (χ4n) is 3.39. The van der Waals surface area contributed by atoms with Crippen molar-refractivity contribution in [2.45, 2.75) is 19.6 Å². The van der Waals surface area contributed by atoms with Gasteiger partial charge in [0, 0.05) is 18.8 Å². The fourth-order valence-corrected chi connectivity index (χ4v) is 3.39. The Hall–Kier alpha value is -3.75. The smallest absolute Gasteiger partial charge is 0.321 e. The number of ether oxygens (including phenoxy) is 1. The molecule has 1 aromatic heterocycles. The zero-order valence-electron chi connectivity index (χ0n) is 16.2. The van der Waals surface area contributed by atoms with E-state index in [1.54, 1.807) is 29.2 Å². The summed E-state index contributed by atoms with van der Waals surface area (Å²) in [5, 5.41) is 11.0. The molecule has 0 unspecified atom stereocenters. The largest absolute Gasteiger partial charge is 0.442 e. The van der Waals surface area contributed by atoms with Crippen LogP contribution in [-0.2, 0) is 16.3 Å². The van der Waals surface area contributed by atoms with Crippen molar-refractivity contribution in [1.82, 2.24) is 19.9 Å². The number of anilines is 1. The lowest BCUT2D eigenvalue weighted by molar-refractivity contribution is -0.154. The Bertz CT molecular complexity index is 1110. The summed E-state index contributed by atoms with van der Waals surface area (Å²) in [6.45, 7) is 0.618. The lowest BCUT2D eigenvalue weighted by Gasteiger charge is -2.30. The average Bonchev–Trinajstić information content (AvgIpc) is 2.79. The van der Waals surface area contributed by atoms with Gasteiger partial charge in [-0.2, -0.15) is 4.68 Å². The number of para-hydroxylation sites is 1.